The van der Waals surface area contributed by atoms with Crippen LogP contribution in [-0.2, 0) is 0 Å². The van der Waals surface area contributed by atoms with E-state index in [1.54, 1.807) is 0 Å². The van der Waals surface area contributed by atoms with Gasteiger partial charge in [0.15, 0.2) is 0 Å². The van der Waals surface area contributed by atoms with Crippen LogP contribution in [0.15, 0.2) is 0 Å². The second-order valence-corrected chi connectivity index (χ2v) is 10.3. The number of nitrogens with zero attached hydrogens (tertiary/aromatic N) is 1. The highest BCUT2D eigenvalue weighted by atomic mass is 79.9. The van der Waals surface area contributed by atoms with Gasteiger partial charge in [0.05, 0.1) is 6.07 Å². The van der Waals surface area contributed by atoms with Crippen molar-refractivity contribution >= 4 is 36.3 Å². The van der Waals surface area contributed by atoms with Gasteiger partial charge in [0.1, 0.15) is 0 Å². The van der Waals surface area contributed by atoms with Gasteiger partial charge >= 0.3 is 0 Å². The third kappa shape index (κ3) is 6.88. The molecule has 0 bridgehead atoms. The van der Waals surface area contributed by atoms with Crippen LogP contribution in [0, 0.1) is 11.3 Å². The molecule has 0 atom stereocenters. The van der Waals surface area contributed by atoms with E-state index >= 15 is 0 Å². The van der Waals surface area contributed by atoms with E-state index < -0.39 is 0 Å². The first kappa shape index (κ1) is 8.88. The highest BCUT2D eigenvalue weighted by Crippen LogP contribution is 2.52. The number of halogens is 2. The third-order valence-corrected chi connectivity index (χ3v) is 3.40. The Morgan fingerprint density at radius 2 is 2.12 bits per heavy atom. The summed E-state index contributed by atoms with van der Waals surface area (Å²) in [7, 11) is 0. The summed E-state index contributed by atoms with van der Waals surface area (Å²) in [6, 6.07) is 2.09. The summed E-state index contributed by atoms with van der Waals surface area (Å²) in [5.41, 5.74) is 0. The monoisotopic (exact) mass is 257 g/mol. The van der Waals surface area contributed by atoms with Gasteiger partial charge in [-0.2, -0.15) is 5.26 Å². The van der Waals surface area contributed by atoms with Crippen LogP contribution in [0.4, 0.5) is 0 Å². The lowest BCUT2D eigenvalue weighted by Gasteiger charge is -1.94. The molecule has 0 amide bonds. The molecule has 0 unspecified atom stereocenters. The van der Waals surface area contributed by atoms with Gasteiger partial charge in [0.25, 0.3) is 0 Å². The minimum Gasteiger partial charge on any atom is -0.198 e. The Morgan fingerprint density at radius 3 is 2.50 bits per heavy atom. The van der Waals surface area contributed by atoms with Gasteiger partial charge < -0.3 is 0 Å². The molecule has 4 heteroatoms. The lowest BCUT2D eigenvalue weighted by Crippen LogP contribution is -1.72. The van der Waals surface area contributed by atoms with Crippen molar-refractivity contribution in [2.75, 3.05) is 6.16 Å². The zero-order valence-electron chi connectivity index (χ0n) is 4.27. The van der Waals surface area contributed by atoms with Gasteiger partial charge in [-0.05, 0) is 43.6 Å². The number of hydrogen-bond donors (Lipinski definition) is 0. The van der Waals surface area contributed by atoms with Crippen molar-refractivity contribution in [2.24, 2.45) is 0 Å². The molecule has 0 aliphatic rings. The summed E-state index contributed by atoms with van der Waals surface area (Å²) < 4.78 is 0. The molecule has 0 fully saturated rings. The van der Waals surface area contributed by atoms with E-state index in [4.69, 9.17) is 5.26 Å². The first-order valence-electron chi connectivity index (χ1n) is 2.23. The molecule has 8 heavy (non-hydrogen) atoms. The Balaban J connectivity index is 2.85. The van der Waals surface area contributed by atoms with E-state index in [2.05, 4.69) is 37.0 Å². The summed E-state index contributed by atoms with van der Waals surface area (Å²) in [5.74, 6) is 0. The fourth-order valence-corrected chi connectivity index (χ4v) is 2.18. The second kappa shape index (κ2) is 6.01. The lowest BCUT2D eigenvalue weighted by molar-refractivity contribution is 0.981. The minimum absolute atomic E-state index is 0.138. The molecular formula is C4H6Br2NP. The Hall–Kier alpha value is 0.880. The fraction of sp³-hybridized carbons (Fsp3) is 0.750. The highest BCUT2D eigenvalue weighted by molar-refractivity contribution is 9.69. The van der Waals surface area contributed by atoms with E-state index in [0.717, 1.165) is 12.6 Å². The van der Waals surface area contributed by atoms with E-state index in [0.29, 0.717) is 6.42 Å². The van der Waals surface area contributed by atoms with E-state index in [1.807, 2.05) is 0 Å². The summed E-state index contributed by atoms with van der Waals surface area (Å²) in [4.78, 5) is 0. The van der Waals surface area contributed by atoms with Crippen molar-refractivity contribution in [3.8, 4) is 6.07 Å². The fourth-order valence-electron chi connectivity index (χ4n) is 0.278. The molecule has 0 aromatic rings. The standard InChI is InChI=1S/C4H6Br2NP/c5-8(6)4-2-1-3-7/h1-2,4H2. The van der Waals surface area contributed by atoms with Crippen molar-refractivity contribution in [2.45, 2.75) is 12.8 Å². The molecule has 0 aliphatic heterocycles. The molecular weight excluding hydrogens is 253 g/mol. The molecule has 0 saturated carbocycles. The summed E-state index contributed by atoms with van der Waals surface area (Å²) in [6.07, 6.45) is 2.76. The summed E-state index contributed by atoms with van der Waals surface area (Å²) in [6.45, 7) is 0. The maximum atomic E-state index is 8.11. The number of rotatable bonds is 3. The van der Waals surface area contributed by atoms with Crippen molar-refractivity contribution in [1.29, 1.82) is 5.26 Å². The molecule has 46 valence electrons. The summed E-state index contributed by atoms with van der Waals surface area (Å²) >= 11 is 6.75. The van der Waals surface area contributed by atoms with Crippen LogP contribution in [0.5, 0.6) is 0 Å². The van der Waals surface area contributed by atoms with Gasteiger partial charge in [-0.3, -0.25) is 0 Å². The van der Waals surface area contributed by atoms with Crippen LogP contribution < -0.4 is 0 Å². The average molecular weight is 259 g/mol. The minimum atomic E-state index is -0.138. The first-order chi connectivity index (χ1) is 3.77. The molecule has 0 saturated heterocycles. The quantitative estimate of drug-likeness (QED) is 0.562. The van der Waals surface area contributed by atoms with Crippen molar-refractivity contribution < 1.29 is 0 Å². The van der Waals surface area contributed by atoms with E-state index in [9.17, 15) is 0 Å². The third-order valence-electron chi connectivity index (χ3n) is 0.616. The van der Waals surface area contributed by atoms with Crippen LogP contribution >= 0.6 is 36.3 Å². The van der Waals surface area contributed by atoms with Gasteiger partial charge in [-0.25, -0.2) is 0 Å². The van der Waals surface area contributed by atoms with E-state index in [1.165, 1.54) is 0 Å². The predicted octanol–water partition coefficient (Wildman–Crippen LogP) is 3.39. The van der Waals surface area contributed by atoms with Crippen LogP contribution in [0.25, 0.3) is 0 Å². The molecule has 0 aromatic heterocycles. The van der Waals surface area contributed by atoms with Crippen LogP contribution in [0.1, 0.15) is 12.8 Å². The Kier molecular flexibility index (Phi) is 6.67. The molecule has 0 aromatic carbocycles. The van der Waals surface area contributed by atoms with Gasteiger partial charge in [0.2, 0.25) is 0 Å². The second-order valence-electron chi connectivity index (χ2n) is 1.29. The van der Waals surface area contributed by atoms with Gasteiger partial charge in [-0.1, -0.05) is 0 Å². The SMILES string of the molecule is N#CCCCP(Br)Br. The first-order valence-corrected chi connectivity index (χ1v) is 7.80. The van der Waals surface area contributed by atoms with Crippen LogP contribution in [0.2, 0.25) is 0 Å². The maximum absolute atomic E-state index is 8.11. The molecule has 0 rings (SSSR count). The maximum Gasteiger partial charge on any atom is 0.0621 e. The zero-order chi connectivity index (χ0) is 6.41. The van der Waals surface area contributed by atoms with Crippen molar-refractivity contribution in [3.63, 3.8) is 0 Å². The van der Waals surface area contributed by atoms with Crippen LogP contribution in [-0.4, -0.2) is 6.16 Å². The highest BCUT2D eigenvalue weighted by Gasteiger charge is 1.94. The topological polar surface area (TPSA) is 23.8 Å². The number of nitriles is 1. The van der Waals surface area contributed by atoms with Crippen molar-refractivity contribution in [3.05, 3.63) is 0 Å². The smallest absolute Gasteiger partial charge is 0.0621 e. The zero-order valence-corrected chi connectivity index (χ0v) is 8.34. The molecule has 0 spiro atoms. The lowest BCUT2D eigenvalue weighted by atomic mass is 10.4. The number of unbranched alkanes of at least 4 members (excludes halogenated alkanes) is 1. The molecule has 0 N–H and O–H groups in total. The Bertz CT molecular complexity index is 88.5. The predicted molar refractivity (Wildman–Crippen MR) is 44.5 cm³/mol. The summed E-state index contributed by atoms with van der Waals surface area (Å²) in [5, 5.41) is 7.97. The number of hydrogen-bond acceptors (Lipinski definition) is 1. The van der Waals surface area contributed by atoms with Crippen LogP contribution in [0.3, 0.4) is 0 Å². The molecule has 0 aliphatic carbocycles. The van der Waals surface area contributed by atoms with E-state index in [-0.39, 0.29) is 5.33 Å². The molecule has 1 nitrogen and oxygen atoms in total. The average Bonchev–Trinajstić information content (AvgIpc) is 1.66. The molecule has 0 radical (unpaired) electrons. The normalized spacial score (nSPS) is 9.25. The Labute approximate surface area is 66.7 Å². The van der Waals surface area contributed by atoms with Gasteiger partial charge in [0, 0.05) is 11.7 Å². The Morgan fingerprint density at radius 1 is 1.50 bits per heavy atom. The molecule has 0 heterocycles. The van der Waals surface area contributed by atoms with Crippen molar-refractivity contribution in [1.82, 2.24) is 0 Å². The van der Waals surface area contributed by atoms with Gasteiger partial charge in [-0.15, -0.1) is 0 Å². The largest absolute Gasteiger partial charge is 0.198 e.